The van der Waals surface area contributed by atoms with Gasteiger partial charge in [-0.25, -0.2) is 8.42 Å². The van der Waals surface area contributed by atoms with Gasteiger partial charge in [0.25, 0.3) is 0 Å². The van der Waals surface area contributed by atoms with Crippen LogP contribution in [0.25, 0.3) is 0 Å². The van der Waals surface area contributed by atoms with Crippen molar-refractivity contribution >= 4 is 33.2 Å². The first-order chi connectivity index (χ1) is 10.3. The SMILES string of the molecule is COCCN(CC(=O)Nc1ccc(OC)c(Cl)c1)S(C)(=O)=O. The second kappa shape index (κ2) is 8.33. The molecule has 1 amide bonds. The van der Waals surface area contributed by atoms with Crippen LogP contribution in [0.5, 0.6) is 5.75 Å². The molecule has 0 fully saturated rings. The van der Waals surface area contributed by atoms with Crippen molar-refractivity contribution in [2.45, 2.75) is 0 Å². The normalized spacial score (nSPS) is 11.5. The van der Waals surface area contributed by atoms with E-state index in [9.17, 15) is 13.2 Å². The molecule has 1 aromatic carbocycles. The minimum atomic E-state index is -3.50. The van der Waals surface area contributed by atoms with Gasteiger partial charge in [0, 0.05) is 19.3 Å². The molecule has 1 N–H and O–H groups in total. The molecule has 0 aliphatic heterocycles. The van der Waals surface area contributed by atoms with Crippen LogP contribution in [0.15, 0.2) is 18.2 Å². The minimum Gasteiger partial charge on any atom is -0.495 e. The molecule has 0 radical (unpaired) electrons. The summed E-state index contributed by atoms with van der Waals surface area (Å²) in [4.78, 5) is 12.0. The average molecular weight is 351 g/mol. The number of hydrogen-bond acceptors (Lipinski definition) is 5. The van der Waals surface area contributed by atoms with Crippen LogP contribution in [0.3, 0.4) is 0 Å². The molecule has 124 valence electrons. The molecule has 0 aliphatic carbocycles. The Balaban J connectivity index is 2.73. The van der Waals surface area contributed by atoms with E-state index in [1.807, 2.05) is 0 Å². The number of amides is 1. The van der Waals surface area contributed by atoms with Crippen LogP contribution < -0.4 is 10.1 Å². The lowest BCUT2D eigenvalue weighted by molar-refractivity contribution is -0.116. The Kier molecular flexibility index (Phi) is 7.08. The van der Waals surface area contributed by atoms with Gasteiger partial charge in [-0.2, -0.15) is 4.31 Å². The van der Waals surface area contributed by atoms with Crippen LogP contribution in [-0.2, 0) is 19.6 Å². The number of nitrogens with one attached hydrogen (secondary N) is 1. The molecule has 22 heavy (non-hydrogen) atoms. The summed E-state index contributed by atoms with van der Waals surface area (Å²) in [5.41, 5.74) is 0.455. The van der Waals surface area contributed by atoms with E-state index < -0.39 is 15.9 Å². The predicted octanol–water partition coefficient (Wildman–Crippen LogP) is 1.20. The molecule has 0 bridgehead atoms. The van der Waals surface area contributed by atoms with Crippen molar-refractivity contribution in [3.8, 4) is 5.75 Å². The van der Waals surface area contributed by atoms with Gasteiger partial charge in [-0.05, 0) is 18.2 Å². The Morgan fingerprint density at radius 2 is 2.05 bits per heavy atom. The highest BCUT2D eigenvalue weighted by molar-refractivity contribution is 7.88. The molecule has 0 heterocycles. The Bertz CT molecular complexity index is 621. The highest BCUT2D eigenvalue weighted by Gasteiger charge is 2.20. The van der Waals surface area contributed by atoms with Crippen LogP contribution in [0.4, 0.5) is 5.69 Å². The standard InChI is InChI=1S/C13H19ClN2O5S/c1-20-7-6-16(22(3,18)19)9-13(17)15-10-4-5-12(21-2)11(14)8-10/h4-5,8H,6-7,9H2,1-3H3,(H,15,17). The zero-order chi connectivity index (χ0) is 16.8. The molecule has 0 saturated heterocycles. The maximum absolute atomic E-state index is 12.0. The summed E-state index contributed by atoms with van der Waals surface area (Å²) < 4.78 is 34.1. The van der Waals surface area contributed by atoms with Gasteiger partial charge >= 0.3 is 0 Å². The van der Waals surface area contributed by atoms with Crippen molar-refractivity contribution in [3.05, 3.63) is 23.2 Å². The van der Waals surface area contributed by atoms with E-state index in [0.29, 0.717) is 16.5 Å². The van der Waals surface area contributed by atoms with E-state index in [0.717, 1.165) is 10.6 Å². The lowest BCUT2D eigenvalue weighted by atomic mass is 10.3. The topological polar surface area (TPSA) is 84.9 Å². The van der Waals surface area contributed by atoms with Gasteiger partial charge < -0.3 is 14.8 Å². The maximum Gasteiger partial charge on any atom is 0.239 e. The summed E-state index contributed by atoms with van der Waals surface area (Å²) in [6.45, 7) is 0.00662. The molecular weight excluding hydrogens is 332 g/mol. The van der Waals surface area contributed by atoms with E-state index in [1.54, 1.807) is 12.1 Å². The van der Waals surface area contributed by atoms with Crippen molar-refractivity contribution in [2.24, 2.45) is 0 Å². The van der Waals surface area contributed by atoms with Gasteiger partial charge in [-0.15, -0.1) is 0 Å². The van der Waals surface area contributed by atoms with Crippen molar-refractivity contribution < 1.29 is 22.7 Å². The van der Waals surface area contributed by atoms with Crippen molar-refractivity contribution in [1.82, 2.24) is 4.31 Å². The fourth-order valence-electron chi connectivity index (χ4n) is 1.66. The average Bonchev–Trinajstić information content (AvgIpc) is 2.42. The first-order valence-electron chi connectivity index (χ1n) is 6.35. The van der Waals surface area contributed by atoms with Crippen molar-refractivity contribution in [1.29, 1.82) is 0 Å². The third-order valence-electron chi connectivity index (χ3n) is 2.77. The van der Waals surface area contributed by atoms with Gasteiger partial charge in [-0.1, -0.05) is 11.6 Å². The predicted molar refractivity (Wildman–Crippen MR) is 84.9 cm³/mol. The van der Waals surface area contributed by atoms with E-state index in [1.165, 1.54) is 20.3 Å². The lowest BCUT2D eigenvalue weighted by Gasteiger charge is -2.19. The van der Waals surface area contributed by atoms with Crippen LogP contribution >= 0.6 is 11.6 Å². The summed E-state index contributed by atoms with van der Waals surface area (Å²) in [6.07, 6.45) is 1.04. The van der Waals surface area contributed by atoms with E-state index >= 15 is 0 Å². The first kappa shape index (κ1) is 18.7. The lowest BCUT2D eigenvalue weighted by Crippen LogP contribution is -2.39. The minimum absolute atomic E-state index is 0.103. The third-order valence-corrected chi connectivity index (χ3v) is 4.31. The Hall–Kier alpha value is -1.35. The summed E-state index contributed by atoms with van der Waals surface area (Å²) in [5, 5.41) is 2.93. The number of sulfonamides is 1. The number of hydrogen-bond donors (Lipinski definition) is 1. The fraction of sp³-hybridized carbons (Fsp3) is 0.462. The zero-order valence-electron chi connectivity index (χ0n) is 12.6. The maximum atomic E-state index is 12.0. The number of halogens is 1. The molecule has 7 nitrogen and oxygen atoms in total. The van der Waals surface area contributed by atoms with Crippen LogP contribution in [0.1, 0.15) is 0 Å². The highest BCUT2D eigenvalue weighted by atomic mass is 35.5. The monoisotopic (exact) mass is 350 g/mol. The molecule has 0 aromatic heterocycles. The second-order valence-electron chi connectivity index (χ2n) is 4.49. The zero-order valence-corrected chi connectivity index (χ0v) is 14.2. The molecule has 1 rings (SSSR count). The number of rotatable bonds is 8. The number of carbonyl (C=O) groups is 1. The summed E-state index contributed by atoms with van der Waals surface area (Å²) in [5.74, 6) is 0.0142. The largest absolute Gasteiger partial charge is 0.495 e. The molecule has 0 spiro atoms. The van der Waals surface area contributed by atoms with Crippen molar-refractivity contribution in [2.75, 3.05) is 45.5 Å². The summed E-state index contributed by atoms with van der Waals surface area (Å²) in [6, 6.07) is 4.75. The third kappa shape index (κ3) is 5.80. The Labute approximate surface area is 135 Å². The van der Waals surface area contributed by atoms with Gasteiger partial charge in [0.2, 0.25) is 15.9 Å². The van der Waals surface area contributed by atoms with Gasteiger partial charge in [-0.3, -0.25) is 4.79 Å². The summed E-state index contributed by atoms with van der Waals surface area (Å²) in [7, 11) is -0.553. The Morgan fingerprint density at radius 1 is 1.36 bits per heavy atom. The number of nitrogens with zero attached hydrogens (tertiary/aromatic N) is 1. The molecular formula is C13H19ClN2O5S. The van der Waals surface area contributed by atoms with Gasteiger partial charge in [0.15, 0.2) is 0 Å². The smallest absolute Gasteiger partial charge is 0.239 e. The molecule has 0 unspecified atom stereocenters. The quantitative estimate of drug-likeness (QED) is 0.761. The fourth-order valence-corrected chi connectivity index (χ4v) is 2.68. The van der Waals surface area contributed by atoms with E-state index in [2.05, 4.69) is 5.32 Å². The van der Waals surface area contributed by atoms with Crippen LogP contribution in [0.2, 0.25) is 5.02 Å². The molecule has 0 atom stereocenters. The highest BCUT2D eigenvalue weighted by Crippen LogP contribution is 2.27. The van der Waals surface area contributed by atoms with Gasteiger partial charge in [0.1, 0.15) is 5.75 Å². The van der Waals surface area contributed by atoms with E-state index in [4.69, 9.17) is 21.1 Å². The van der Waals surface area contributed by atoms with Crippen LogP contribution in [0, 0.1) is 0 Å². The first-order valence-corrected chi connectivity index (χ1v) is 8.58. The molecule has 1 aromatic rings. The molecule has 9 heteroatoms. The van der Waals surface area contributed by atoms with Crippen LogP contribution in [-0.4, -0.2) is 58.8 Å². The van der Waals surface area contributed by atoms with Crippen molar-refractivity contribution in [3.63, 3.8) is 0 Å². The van der Waals surface area contributed by atoms with E-state index in [-0.39, 0.29) is 19.7 Å². The number of carbonyl (C=O) groups excluding carboxylic acids is 1. The second-order valence-corrected chi connectivity index (χ2v) is 6.88. The molecule has 0 saturated carbocycles. The number of anilines is 1. The number of benzene rings is 1. The Morgan fingerprint density at radius 3 is 2.55 bits per heavy atom. The van der Waals surface area contributed by atoms with Gasteiger partial charge in [0.05, 0.1) is 31.5 Å². The molecule has 0 aliphatic rings. The number of ether oxygens (including phenoxy) is 2. The summed E-state index contributed by atoms with van der Waals surface area (Å²) >= 11 is 5.96. The number of methoxy groups -OCH3 is 2.